The van der Waals surface area contributed by atoms with Crippen molar-refractivity contribution in [2.24, 2.45) is 5.92 Å². The van der Waals surface area contributed by atoms with E-state index in [2.05, 4.69) is 0 Å². The maximum Gasteiger partial charge on any atom is 0.306 e. The smallest absolute Gasteiger partial charge is 0.306 e. The number of hydrogen-bond acceptors (Lipinski definition) is 2. The minimum absolute atomic E-state index is 0.134. The average molecular weight is 343 g/mol. The van der Waals surface area contributed by atoms with Crippen molar-refractivity contribution in [1.29, 1.82) is 0 Å². The van der Waals surface area contributed by atoms with E-state index in [-0.39, 0.29) is 5.92 Å². The molecule has 1 atom stereocenters. The number of carbonyl (C=O) groups is 2. The fraction of sp³-hybridized carbons (Fsp3) is 0.900. The maximum atomic E-state index is 11.0. The molecule has 24 heavy (non-hydrogen) atoms. The molecular formula is C20H38O4. The fourth-order valence-corrected chi connectivity index (χ4v) is 3.17. The molecule has 4 nitrogen and oxygen atoms in total. The first-order valence-electron chi connectivity index (χ1n) is 10.0. The zero-order chi connectivity index (χ0) is 18.0. The van der Waals surface area contributed by atoms with Gasteiger partial charge in [-0.15, -0.1) is 0 Å². The normalized spacial score (nSPS) is 12.2. The molecule has 0 spiro atoms. The highest BCUT2D eigenvalue weighted by atomic mass is 16.4. The molecule has 0 aliphatic heterocycles. The summed E-state index contributed by atoms with van der Waals surface area (Å²) in [5, 5.41) is 17.6. The number of aliphatic carboxylic acids is 2. The van der Waals surface area contributed by atoms with Gasteiger partial charge in [-0.25, -0.2) is 0 Å². The van der Waals surface area contributed by atoms with Crippen molar-refractivity contribution < 1.29 is 19.8 Å². The SMILES string of the molecule is CCCC(CCCCCCCCCCCCCCC(=O)O)C(=O)O. The first-order valence-corrected chi connectivity index (χ1v) is 10.0. The number of unbranched alkanes of at least 4 members (excludes halogenated alkanes) is 11. The van der Waals surface area contributed by atoms with E-state index in [1.165, 1.54) is 44.9 Å². The predicted molar refractivity (Wildman–Crippen MR) is 98.3 cm³/mol. The second-order valence-electron chi connectivity index (χ2n) is 7.00. The van der Waals surface area contributed by atoms with Crippen LogP contribution in [0.4, 0.5) is 0 Å². The molecule has 0 fully saturated rings. The third-order valence-corrected chi connectivity index (χ3v) is 4.68. The molecule has 0 heterocycles. The monoisotopic (exact) mass is 342 g/mol. The highest BCUT2D eigenvalue weighted by molar-refractivity contribution is 5.69. The third-order valence-electron chi connectivity index (χ3n) is 4.68. The van der Waals surface area contributed by atoms with Crippen molar-refractivity contribution >= 4 is 11.9 Å². The molecule has 0 amide bonds. The molecule has 0 rings (SSSR count). The molecule has 0 bridgehead atoms. The van der Waals surface area contributed by atoms with Crippen LogP contribution >= 0.6 is 0 Å². The summed E-state index contributed by atoms with van der Waals surface area (Å²) >= 11 is 0. The minimum Gasteiger partial charge on any atom is -0.481 e. The molecule has 2 N–H and O–H groups in total. The minimum atomic E-state index is -0.682. The number of carboxylic acids is 2. The van der Waals surface area contributed by atoms with Crippen molar-refractivity contribution in [3.05, 3.63) is 0 Å². The van der Waals surface area contributed by atoms with Gasteiger partial charge in [0.1, 0.15) is 0 Å². The maximum absolute atomic E-state index is 11.0. The van der Waals surface area contributed by atoms with Crippen LogP contribution in [-0.2, 0) is 9.59 Å². The highest BCUT2D eigenvalue weighted by Crippen LogP contribution is 2.17. The van der Waals surface area contributed by atoms with Gasteiger partial charge >= 0.3 is 11.9 Å². The molecular weight excluding hydrogens is 304 g/mol. The molecule has 1 unspecified atom stereocenters. The van der Waals surface area contributed by atoms with E-state index >= 15 is 0 Å². The van der Waals surface area contributed by atoms with Crippen molar-refractivity contribution in [3.63, 3.8) is 0 Å². The Hall–Kier alpha value is -1.06. The molecule has 4 heteroatoms. The average Bonchev–Trinajstić information content (AvgIpc) is 2.53. The van der Waals surface area contributed by atoms with Gasteiger partial charge in [0.05, 0.1) is 5.92 Å². The van der Waals surface area contributed by atoms with Crippen LogP contribution in [0.3, 0.4) is 0 Å². The van der Waals surface area contributed by atoms with Crippen LogP contribution in [0.2, 0.25) is 0 Å². The zero-order valence-electron chi connectivity index (χ0n) is 15.6. The molecule has 0 saturated carbocycles. The summed E-state index contributed by atoms with van der Waals surface area (Å²) < 4.78 is 0. The fourth-order valence-electron chi connectivity index (χ4n) is 3.17. The van der Waals surface area contributed by atoms with E-state index in [1.807, 2.05) is 6.92 Å². The first kappa shape index (κ1) is 22.9. The Morgan fingerprint density at radius 2 is 1.08 bits per heavy atom. The molecule has 0 aromatic heterocycles. The molecule has 0 aromatic carbocycles. The van der Waals surface area contributed by atoms with Gasteiger partial charge in [-0.2, -0.15) is 0 Å². The number of rotatable bonds is 18. The number of carboxylic acid groups (broad SMARTS) is 2. The van der Waals surface area contributed by atoms with Crippen molar-refractivity contribution in [2.75, 3.05) is 0 Å². The summed E-state index contributed by atoms with van der Waals surface area (Å²) in [4.78, 5) is 21.4. The van der Waals surface area contributed by atoms with Crippen molar-refractivity contribution in [3.8, 4) is 0 Å². The van der Waals surface area contributed by atoms with E-state index in [0.29, 0.717) is 6.42 Å². The Kier molecular flexibility index (Phi) is 16.0. The summed E-state index contributed by atoms with van der Waals surface area (Å²) in [6.07, 6.45) is 17.0. The summed E-state index contributed by atoms with van der Waals surface area (Å²) in [7, 11) is 0. The van der Waals surface area contributed by atoms with Gasteiger partial charge in [-0.3, -0.25) is 9.59 Å². The first-order chi connectivity index (χ1) is 11.6. The van der Waals surface area contributed by atoms with Gasteiger partial charge in [0.25, 0.3) is 0 Å². The van der Waals surface area contributed by atoms with Crippen LogP contribution in [0, 0.1) is 5.92 Å². The van der Waals surface area contributed by atoms with E-state index in [1.54, 1.807) is 0 Å². The van der Waals surface area contributed by atoms with Crippen LogP contribution in [0.1, 0.15) is 110 Å². The van der Waals surface area contributed by atoms with E-state index < -0.39 is 11.9 Å². The largest absolute Gasteiger partial charge is 0.481 e. The topological polar surface area (TPSA) is 74.6 Å². The molecule has 142 valence electrons. The Balaban J connectivity index is 3.22. The summed E-state index contributed by atoms with van der Waals surface area (Å²) in [5.74, 6) is -1.44. The van der Waals surface area contributed by atoms with Gasteiger partial charge in [0.15, 0.2) is 0 Å². The van der Waals surface area contributed by atoms with E-state index in [4.69, 9.17) is 10.2 Å². The molecule has 0 saturated heterocycles. The van der Waals surface area contributed by atoms with Crippen molar-refractivity contribution in [1.82, 2.24) is 0 Å². The standard InChI is InChI=1S/C20H38O4/c1-2-15-18(20(23)24)16-13-11-9-7-5-3-4-6-8-10-12-14-17-19(21)22/h18H,2-17H2,1H3,(H,21,22)(H,23,24). The predicted octanol–water partition coefficient (Wildman–Crippen LogP) is 6.03. The van der Waals surface area contributed by atoms with E-state index in [9.17, 15) is 9.59 Å². The zero-order valence-corrected chi connectivity index (χ0v) is 15.6. The molecule has 0 aliphatic rings. The van der Waals surface area contributed by atoms with Gasteiger partial charge in [0.2, 0.25) is 0 Å². The van der Waals surface area contributed by atoms with Crippen molar-refractivity contribution in [2.45, 2.75) is 110 Å². The number of hydrogen-bond donors (Lipinski definition) is 2. The van der Waals surface area contributed by atoms with Crippen LogP contribution < -0.4 is 0 Å². The third kappa shape index (κ3) is 15.8. The summed E-state index contributed by atoms with van der Waals surface area (Å²) in [5.41, 5.74) is 0. The van der Waals surface area contributed by atoms with Gasteiger partial charge < -0.3 is 10.2 Å². The second-order valence-corrected chi connectivity index (χ2v) is 7.00. The second kappa shape index (κ2) is 16.8. The lowest BCUT2D eigenvalue weighted by Crippen LogP contribution is -2.13. The van der Waals surface area contributed by atoms with Crippen LogP contribution in [0.5, 0.6) is 0 Å². The lowest BCUT2D eigenvalue weighted by molar-refractivity contribution is -0.142. The molecule has 0 aromatic rings. The molecule has 0 radical (unpaired) electrons. The van der Waals surface area contributed by atoms with Crippen LogP contribution in [0.25, 0.3) is 0 Å². The lowest BCUT2D eigenvalue weighted by atomic mass is 9.96. The molecule has 0 aliphatic carbocycles. The Morgan fingerprint density at radius 1 is 0.667 bits per heavy atom. The summed E-state index contributed by atoms with van der Waals surface area (Å²) in [6.45, 7) is 2.05. The van der Waals surface area contributed by atoms with Gasteiger partial charge in [0, 0.05) is 6.42 Å². The van der Waals surface area contributed by atoms with Gasteiger partial charge in [-0.05, 0) is 19.3 Å². The Labute approximate surface area is 148 Å². The highest BCUT2D eigenvalue weighted by Gasteiger charge is 2.15. The Morgan fingerprint density at radius 3 is 1.46 bits per heavy atom. The van der Waals surface area contributed by atoms with Crippen LogP contribution in [0.15, 0.2) is 0 Å². The summed E-state index contributed by atoms with van der Waals surface area (Å²) in [6, 6.07) is 0. The van der Waals surface area contributed by atoms with Gasteiger partial charge in [-0.1, -0.05) is 84.0 Å². The van der Waals surface area contributed by atoms with Crippen LogP contribution in [-0.4, -0.2) is 22.2 Å². The quantitative estimate of drug-likeness (QED) is 0.298. The lowest BCUT2D eigenvalue weighted by Gasteiger charge is -2.10. The Bertz CT molecular complexity index is 315. The van der Waals surface area contributed by atoms with E-state index in [0.717, 1.165) is 51.4 Å².